The molecule has 0 bridgehead atoms. The summed E-state index contributed by atoms with van der Waals surface area (Å²) in [5.74, 6) is 2.92. The van der Waals surface area contributed by atoms with Gasteiger partial charge in [-0.25, -0.2) is 0 Å². The van der Waals surface area contributed by atoms with Crippen molar-refractivity contribution in [2.75, 3.05) is 13.1 Å². The van der Waals surface area contributed by atoms with Gasteiger partial charge in [0.2, 0.25) is 11.7 Å². The second-order valence-corrected chi connectivity index (χ2v) is 5.94. The molecule has 0 radical (unpaired) electrons. The van der Waals surface area contributed by atoms with Gasteiger partial charge in [0.25, 0.3) is 0 Å². The maximum atomic E-state index is 5.43. The molecule has 0 aliphatic carbocycles. The highest BCUT2D eigenvalue weighted by Crippen LogP contribution is 2.28. The highest BCUT2D eigenvalue weighted by atomic mass is 16.5. The molecule has 0 saturated carbocycles. The second kappa shape index (κ2) is 5.37. The molecule has 1 aromatic carbocycles. The summed E-state index contributed by atoms with van der Waals surface area (Å²) in [4.78, 5) is 4.55. The van der Waals surface area contributed by atoms with Gasteiger partial charge in [0.15, 0.2) is 0 Å². The van der Waals surface area contributed by atoms with Crippen LogP contribution in [0.1, 0.15) is 44.1 Å². The lowest BCUT2D eigenvalue weighted by Gasteiger charge is -2.30. The van der Waals surface area contributed by atoms with E-state index in [-0.39, 0.29) is 0 Å². The monoisotopic (exact) mass is 271 g/mol. The average molecular weight is 271 g/mol. The number of nitrogens with one attached hydrogen (secondary N) is 1. The van der Waals surface area contributed by atoms with Crippen LogP contribution < -0.4 is 5.32 Å². The Bertz CT molecular complexity index is 570. The molecule has 3 rings (SSSR count). The van der Waals surface area contributed by atoms with Crippen molar-refractivity contribution < 1.29 is 4.52 Å². The summed E-state index contributed by atoms with van der Waals surface area (Å²) in [5.41, 5.74) is 2.34. The Labute approximate surface area is 119 Å². The molecule has 1 atom stereocenters. The smallest absolute Gasteiger partial charge is 0.230 e. The van der Waals surface area contributed by atoms with E-state index >= 15 is 0 Å². The second-order valence-electron chi connectivity index (χ2n) is 5.94. The van der Waals surface area contributed by atoms with E-state index in [0.717, 1.165) is 24.5 Å². The molecule has 4 heteroatoms. The summed E-state index contributed by atoms with van der Waals surface area (Å²) in [6.07, 6.45) is 0. The van der Waals surface area contributed by atoms with Crippen LogP contribution in [0.3, 0.4) is 0 Å². The zero-order chi connectivity index (χ0) is 14.1. The normalized spacial score (nSPS) is 17.2. The van der Waals surface area contributed by atoms with Gasteiger partial charge in [-0.1, -0.05) is 50.2 Å². The third-order valence-corrected chi connectivity index (χ3v) is 4.19. The van der Waals surface area contributed by atoms with Gasteiger partial charge >= 0.3 is 0 Å². The third-order valence-electron chi connectivity index (χ3n) is 4.19. The number of rotatable bonds is 4. The molecule has 1 unspecified atom stereocenters. The van der Waals surface area contributed by atoms with Gasteiger partial charge in [0, 0.05) is 11.5 Å². The van der Waals surface area contributed by atoms with E-state index in [1.807, 2.05) is 0 Å². The van der Waals surface area contributed by atoms with E-state index in [9.17, 15) is 0 Å². The predicted octanol–water partition coefficient (Wildman–Crippen LogP) is 3.18. The molecule has 1 N–H and O–H groups in total. The van der Waals surface area contributed by atoms with Crippen LogP contribution in [-0.4, -0.2) is 23.2 Å². The molecule has 0 amide bonds. The molecule has 2 aromatic rings. The Balaban J connectivity index is 1.78. The average Bonchev–Trinajstić information content (AvgIpc) is 2.86. The number of hydrogen-bond donors (Lipinski definition) is 1. The quantitative estimate of drug-likeness (QED) is 0.928. The van der Waals surface area contributed by atoms with Crippen LogP contribution in [0.15, 0.2) is 28.8 Å². The van der Waals surface area contributed by atoms with E-state index < -0.39 is 0 Å². The summed E-state index contributed by atoms with van der Waals surface area (Å²) < 4.78 is 5.43. The summed E-state index contributed by atoms with van der Waals surface area (Å²) >= 11 is 0. The number of benzene rings is 1. The Kier molecular flexibility index (Phi) is 3.57. The highest BCUT2D eigenvalue weighted by Gasteiger charge is 2.28. The number of aromatic nitrogens is 2. The van der Waals surface area contributed by atoms with Crippen molar-refractivity contribution in [2.45, 2.75) is 32.6 Å². The Hall–Kier alpha value is -1.68. The fourth-order valence-corrected chi connectivity index (χ4v) is 2.42. The Morgan fingerprint density at radius 2 is 1.85 bits per heavy atom. The first-order chi connectivity index (χ1) is 9.65. The van der Waals surface area contributed by atoms with Crippen molar-refractivity contribution in [3.05, 3.63) is 35.7 Å². The van der Waals surface area contributed by atoms with E-state index in [0.29, 0.717) is 23.6 Å². The zero-order valence-electron chi connectivity index (χ0n) is 12.3. The van der Waals surface area contributed by atoms with E-state index in [1.54, 1.807) is 0 Å². The minimum absolute atomic E-state index is 0.326. The maximum absolute atomic E-state index is 5.43. The zero-order valence-corrected chi connectivity index (χ0v) is 12.3. The van der Waals surface area contributed by atoms with Crippen LogP contribution in [0.25, 0.3) is 11.4 Å². The van der Waals surface area contributed by atoms with Gasteiger partial charge in [0.05, 0.1) is 0 Å². The molecular formula is C16H21N3O. The lowest BCUT2D eigenvalue weighted by atomic mass is 9.89. The van der Waals surface area contributed by atoms with E-state index in [1.165, 1.54) is 5.56 Å². The molecule has 1 aliphatic heterocycles. The maximum Gasteiger partial charge on any atom is 0.230 e. The molecule has 0 spiro atoms. The number of nitrogens with zero attached hydrogens (tertiary/aromatic N) is 2. The molecule has 1 aromatic heterocycles. The van der Waals surface area contributed by atoms with Crippen molar-refractivity contribution >= 4 is 0 Å². The van der Waals surface area contributed by atoms with Gasteiger partial charge in [0.1, 0.15) is 0 Å². The van der Waals surface area contributed by atoms with E-state index in [4.69, 9.17) is 4.52 Å². The minimum Gasteiger partial charge on any atom is -0.339 e. The van der Waals surface area contributed by atoms with Crippen LogP contribution in [0.5, 0.6) is 0 Å². The number of hydrogen-bond acceptors (Lipinski definition) is 4. The lowest BCUT2D eigenvalue weighted by molar-refractivity contribution is 0.252. The van der Waals surface area contributed by atoms with Gasteiger partial charge < -0.3 is 9.84 Å². The first kappa shape index (κ1) is 13.3. The minimum atomic E-state index is 0.326. The lowest BCUT2D eigenvalue weighted by Crippen LogP contribution is -2.44. The summed E-state index contributed by atoms with van der Waals surface area (Å²) in [6.45, 7) is 8.63. The molecule has 4 nitrogen and oxygen atoms in total. The Morgan fingerprint density at radius 1 is 1.15 bits per heavy atom. The van der Waals surface area contributed by atoms with Crippen LogP contribution >= 0.6 is 0 Å². The third kappa shape index (κ3) is 2.48. The molecule has 1 saturated heterocycles. The summed E-state index contributed by atoms with van der Waals surface area (Å²) in [6, 6.07) is 8.41. The molecule has 106 valence electrons. The fourth-order valence-electron chi connectivity index (χ4n) is 2.42. The van der Waals surface area contributed by atoms with Crippen molar-refractivity contribution in [1.82, 2.24) is 15.5 Å². The predicted molar refractivity (Wildman–Crippen MR) is 78.6 cm³/mol. The van der Waals surface area contributed by atoms with Crippen molar-refractivity contribution in [1.29, 1.82) is 0 Å². The topological polar surface area (TPSA) is 51.0 Å². The summed E-state index contributed by atoms with van der Waals surface area (Å²) in [7, 11) is 0. The van der Waals surface area contributed by atoms with Crippen LogP contribution in [0.4, 0.5) is 0 Å². The highest BCUT2D eigenvalue weighted by molar-refractivity contribution is 5.54. The van der Waals surface area contributed by atoms with Gasteiger partial charge in [-0.2, -0.15) is 4.98 Å². The molecular weight excluding hydrogens is 250 g/mol. The van der Waals surface area contributed by atoms with Gasteiger partial charge in [-0.05, 0) is 30.5 Å². The van der Waals surface area contributed by atoms with Crippen LogP contribution in [0.2, 0.25) is 0 Å². The summed E-state index contributed by atoms with van der Waals surface area (Å²) in [5, 5.41) is 7.39. The van der Waals surface area contributed by atoms with Crippen LogP contribution in [-0.2, 0) is 0 Å². The first-order valence-corrected chi connectivity index (χ1v) is 7.30. The van der Waals surface area contributed by atoms with Crippen molar-refractivity contribution in [3.63, 3.8) is 0 Å². The molecule has 1 fully saturated rings. The first-order valence-electron chi connectivity index (χ1n) is 7.30. The molecule has 1 aliphatic rings. The van der Waals surface area contributed by atoms with Gasteiger partial charge in [-0.3, -0.25) is 0 Å². The Morgan fingerprint density at radius 3 is 2.40 bits per heavy atom. The van der Waals surface area contributed by atoms with Gasteiger partial charge in [-0.15, -0.1) is 0 Å². The standard InChI is InChI=1S/C16H21N3O/c1-10(2)12-4-6-13(7-5-12)15-18-16(20-19-15)11(3)14-8-17-9-14/h4-7,10-11,14,17H,8-9H2,1-3H3. The molecule has 2 heterocycles. The molecule has 20 heavy (non-hydrogen) atoms. The van der Waals surface area contributed by atoms with Crippen molar-refractivity contribution in [2.24, 2.45) is 5.92 Å². The van der Waals surface area contributed by atoms with Crippen LogP contribution in [0, 0.1) is 5.92 Å². The van der Waals surface area contributed by atoms with Crippen molar-refractivity contribution in [3.8, 4) is 11.4 Å². The largest absolute Gasteiger partial charge is 0.339 e. The fraction of sp³-hybridized carbons (Fsp3) is 0.500. The SMILES string of the molecule is CC(C)c1ccc(-c2noc(C(C)C3CNC3)n2)cc1. The van der Waals surface area contributed by atoms with E-state index in [2.05, 4.69) is 60.5 Å².